The number of hydrogen-bond donors (Lipinski definition) is 1. The van der Waals surface area contributed by atoms with Crippen LogP contribution < -0.4 is 4.80 Å². The first-order valence-corrected chi connectivity index (χ1v) is 8.76. The molecule has 25 heavy (non-hydrogen) atoms. The number of aryl methyl sites for hydroxylation is 1. The molecular formula is C18H15ClN2O3S. The van der Waals surface area contributed by atoms with Crippen molar-refractivity contribution in [1.29, 1.82) is 0 Å². The summed E-state index contributed by atoms with van der Waals surface area (Å²) in [6.45, 7) is 3.51. The summed E-state index contributed by atoms with van der Waals surface area (Å²) in [5.74, 6) is -1.45. The smallest absolute Gasteiger partial charge is 0.326 e. The van der Waals surface area contributed by atoms with Crippen LogP contribution >= 0.6 is 22.9 Å². The van der Waals surface area contributed by atoms with Gasteiger partial charge in [-0.15, -0.1) is 0 Å². The molecule has 5 nitrogen and oxygen atoms in total. The Balaban J connectivity index is 2.24. The van der Waals surface area contributed by atoms with Gasteiger partial charge in [0.25, 0.3) is 5.91 Å². The predicted molar refractivity (Wildman–Crippen MR) is 98.2 cm³/mol. The summed E-state index contributed by atoms with van der Waals surface area (Å²) in [7, 11) is 0. The molecule has 0 saturated heterocycles. The van der Waals surface area contributed by atoms with Gasteiger partial charge in [0.1, 0.15) is 6.04 Å². The molecule has 3 rings (SSSR count). The molecule has 7 heteroatoms. The van der Waals surface area contributed by atoms with E-state index in [2.05, 4.69) is 4.99 Å². The lowest BCUT2D eigenvalue weighted by Gasteiger charge is -2.10. The summed E-state index contributed by atoms with van der Waals surface area (Å²) in [6.07, 6.45) is 0. The number of halogens is 1. The summed E-state index contributed by atoms with van der Waals surface area (Å²) in [5.41, 5.74) is 2.11. The molecule has 0 fully saturated rings. The van der Waals surface area contributed by atoms with E-state index < -0.39 is 17.9 Å². The van der Waals surface area contributed by atoms with Crippen molar-refractivity contribution in [2.45, 2.75) is 19.9 Å². The molecule has 0 aliphatic heterocycles. The minimum absolute atomic E-state index is 0.351. The first-order chi connectivity index (χ1) is 11.9. The van der Waals surface area contributed by atoms with Crippen LogP contribution in [-0.4, -0.2) is 21.6 Å². The Labute approximate surface area is 152 Å². The Morgan fingerprint density at radius 3 is 2.64 bits per heavy atom. The van der Waals surface area contributed by atoms with Crippen molar-refractivity contribution in [1.82, 2.24) is 4.57 Å². The first kappa shape index (κ1) is 17.4. The number of aliphatic carboxylic acids is 1. The van der Waals surface area contributed by atoms with Crippen molar-refractivity contribution in [3.05, 3.63) is 63.4 Å². The lowest BCUT2D eigenvalue weighted by molar-refractivity contribution is -0.140. The minimum atomic E-state index is -0.988. The number of carboxylic acid groups (broad SMARTS) is 1. The number of carbonyl (C=O) groups excluding carboxylic acids is 1. The average molecular weight is 375 g/mol. The molecule has 1 unspecified atom stereocenters. The molecule has 3 aromatic rings. The predicted octanol–water partition coefficient (Wildman–Crippen LogP) is 4.05. The number of benzene rings is 2. The Hall–Kier alpha value is -2.44. The molecule has 2 aromatic carbocycles. The molecule has 1 atom stereocenters. The Morgan fingerprint density at radius 1 is 1.24 bits per heavy atom. The standard InChI is InChI=1S/C18H15ClN2O3S/c1-10-5-3-8-14-15(10)25-18(21(14)11(2)17(23)24)20-16(22)12-6-4-7-13(19)9-12/h3-9,11H,1-2H3,(H,23,24). The third-order valence-corrected chi connectivity index (χ3v) is 5.30. The van der Waals surface area contributed by atoms with Crippen LogP contribution in [-0.2, 0) is 4.79 Å². The zero-order valence-corrected chi connectivity index (χ0v) is 15.1. The molecule has 1 aromatic heterocycles. The molecule has 1 N–H and O–H groups in total. The number of rotatable bonds is 3. The lowest BCUT2D eigenvalue weighted by atomic mass is 10.2. The van der Waals surface area contributed by atoms with Crippen molar-refractivity contribution in [2.24, 2.45) is 4.99 Å². The largest absolute Gasteiger partial charge is 0.480 e. The molecular weight excluding hydrogens is 360 g/mol. The molecule has 0 spiro atoms. The maximum Gasteiger partial charge on any atom is 0.326 e. The van der Waals surface area contributed by atoms with E-state index in [4.69, 9.17) is 11.6 Å². The first-order valence-electron chi connectivity index (χ1n) is 7.56. The van der Waals surface area contributed by atoms with Gasteiger partial charge in [0.15, 0.2) is 4.80 Å². The fourth-order valence-electron chi connectivity index (χ4n) is 2.54. The van der Waals surface area contributed by atoms with E-state index in [9.17, 15) is 14.7 Å². The van der Waals surface area contributed by atoms with Gasteiger partial charge in [-0.3, -0.25) is 4.79 Å². The third kappa shape index (κ3) is 3.36. The fourth-order valence-corrected chi connectivity index (χ4v) is 3.89. The Morgan fingerprint density at radius 2 is 1.96 bits per heavy atom. The third-order valence-electron chi connectivity index (χ3n) is 3.86. The molecule has 128 valence electrons. The van der Waals surface area contributed by atoms with E-state index in [1.807, 2.05) is 25.1 Å². The average Bonchev–Trinajstić information content (AvgIpc) is 2.93. The summed E-state index contributed by atoms with van der Waals surface area (Å²) in [6, 6.07) is 11.3. The highest BCUT2D eigenvalue weighted by Crippen LogP contribution is 2.24. The lowest BCUT2D eigenvalue weighted by Crippen LogP contribution is -2.25. The van der Waals surface area contributed by atoms with E-state index in [-0.39, 0.29) is 0 Å². The number of amides is 1. The van der Waals surface area contributed by atoms with Gasteiger partial charge in [-0.25, -0.2) is 4.79 Å². The number of hydrogen-bond acceptors (Lipinski definition) is 3. The van der Waals surface area contributed by atoms with Gasteiger partial charge >= 0.3 is 5.97 Å². The SMILES string of the molecule is Cc1cccc2c1sc(=NC(=O)c1cccc(Cl)c1)n2C(C)C(=O)O. The monoisotopic (exact) mass is 374 g/mol. The van der Waals surface area contributed by atoms with E-state index in [0.29, 0.717) is 15.4 Å². The second-order valence-electron chi connectivity index (χ2n) is 5.62. The summed E-state index contributed by atoms with van der Waals surface area (Å²) >= 11 is 7.23. The second-order valence-corrected chi connectivity index (χ2v) is 7.03. The molecule has 1 amide bonds. The van der Waals surface area contributed by atoms with E-state index >= 15 is 0 Å². The van der Waals surface area contributed by atoms with E-state index in [0.717, 1.165) is 15.8 Å². The highest BCUT2D eigenvalue weighted by atomic mass is 35.5. The van der Waals surface area contributed by atoms with Crippen LogP contribution in [0.5, 0.6) is 0 Å². The van der Waals surface area contributed by atoms with Crippen molar-refractivity contribution in [3.8, 4) is 0 Å². The zero-order valence-electron chi connectivity index (χ0n) is 13.6. The van der Waals surface area contributed by atoms with Crippen LogP contribution in [0.25, 0.3) is 10.2 Å². The van der Waals surface area contributed by atoms with Crippen LogP contribution in [0.3, 0.4) is 0 Å². The summed E-state index contributed by atoms with van der Waals surface area (Å²) in [5, 5.41) is 9.88. The minimum Gasteiger partial charge on any atom is -0.480 e. The van der Waals surface area contributed by atoms with Gasteiger partial charge in [0.05, 0.1) is 10.2 Å². The van der Waals surface area contributed by atoms with Crippen LogP contribution in [0.1, 0.15) is 28.9 Å². The van der Waals surface area contributed by atoms with Crippen LogP contribution in [0.2, 0.25) is 5.02 Å². The van der Waals surface area contributed by atoms with Gasteiger partial charge in [-0.2, -0.15) is 4.99 Å². The van der Waals surface area contributed by atoms with Gasteiger partial charge < -0.3 is 9.67 Å². The van der Waals surface area contributed by atoms with Gasteiger partial charge in [0.2, 0.25) is 0 Å². The molecule has 0 radical (unpaired) electrons. The number of nitrogens with zero attached hydrogens (tertiary/aromatic N) is 2. The van der Waals surface area contributed by atoms with Crippen LogP contribution in [0.15, 0.2) is 47.5 Å². The molecule has 0 aliphatic rings. The second kappa shape index (κ2) is 6.82. The Kier molecular flexibility index (Phi) is 4.74. The zero-order chi connectivity index (χ0) is 18.1. The topological polar surface area (TPSA) is 71.7 Å². The van der Waals surface area contributed by atoms with Gasteiger partial charge in [-0.1, -0.05) is 41.1 Å². The van der Waals surface area contributed by atoms with Crippen LogP contribution in [0, 0.1) is 6.92 Å². The maximum absolute atomic E-state index is 12.5. The quantitative estimate of drug-likeness (QED) is 0.751. The molecule has 1 heterocycles. The van der Waals surface area contributed by atoms with E-state index in [1.165, 1.54) is 17.4 Å². The van der Waals surface area contributed by atoms with Gasteiger partial charge in [0, 0.05) is 10.6 Å². The van der Waals surface area contributed by atoms with Crippen molar-refractivity contribution in [3.63, 3.8) is 0 Å². The number of carboxylic acids is 1. The number of thiazole rings is 1. The van der Waals surface area contributed by atoms with Gasteiger partial charge in [-0.05, 0) is 43.7 Å². The van der Waals surface area contributed by atoms with Crippen LogP contribution in [0.4, 0.5) is 0 Å². The Bertz CT molecular complexity index is 1050. The molecule has 0 saturated carbocycles. The van der Waals surface area contributed by atoms with Crippen molar-refractivity contribution in [2.75, 3.05) is 0 Å². The highest BCUT2D eigenvalue weighted by molar-refractivity contribution is 7.16. The van der Waals surface area contributed by atoms with E-state index in [1.54, 1.807) is 29.7 Å². The highest BCUT2D eigenvalue weighted by Gasteiger charge is 2.19. The fraction of sp³-hybridized carbons (Fsp3) is 0.167. The molecule has 0 bridgehead atoms. The number of aromatic nitrogens is 1. The molecule has 0 aliphatic carbocycles. The normalized spacial score (nSPS) is 13.2. The summed E-state index contributed by atoms with van der Waals surface area (Å²) < 4.78 is 2.49. The number of carbonyl (C=O) groups is 2. The summed E-state index contributed by atoms with van der Waals surface area (Å²) in [4.78, 5) is 28.5. The van der Waals surface area contributed by atoms with Crippen molar-refractivity contribution >= 4 is 45.0 Å². The number of fused-ring (bicyclic) bond motifs is 1. The van der Waals surface area contributed by atoms with Crippen molar-refractivity contribution < 1.29 is 14.7 Å². The maximum atomic E-state index is 12.5.